The van der Waals surface area contributed by atoms with Gasteiger partial charge in [0.05, 0.1) is 4.92 Å². The average molecular weight is 276 g/mol. The Labute approximate surface area is 113 Å². The number of rotatable bonds is 3. The summed E-state index contributed by atoms with van der Waals surface area (Å²) in [5.74, 6) is 0.287. The number of non-ortho nitro benzene ring substituents is 1. The van der Waals surface area contributed by atoms with Gasteiger partial charge in [-0.05, 0) is 25.0 Å². The molecular weight excluding hydrogens is 264 g/mol. The van der Waals surface area contributed by atoms with Crippen molar-refractivity contribution in [2.24, 2.45) is 0 Å². The van der Waals surface area contributed by atoms with Crippen molar-refractivity contribution in [1.29, 1.82) is 0 Å². The molecule has 4 N–H and O–H groups in total. The van der Waals surface area contributed by atoms with E-state index >= 15 is 0 Å². The second-order valence-corrected chi connectivity index (χ2v) is 4.10. The lowest BCUT2D eigenvalue weighted by Gasteiger charge is -2.10. The number of aryl methyl sites for hydroxylation is 2. The first-order valence-electron chi connectivity index (χ1n) is 5.57. The molecular formula is C11H12N6O3. The molecule has 1 heterocycles. The second kappa shape index (κ2) is 4.96. The number of nitro groups is 1. The van der Waals surface area contributed by atoms with Crippen molar-refractivity contribution in [3.05, 3.63) is 33.4 Å². The molecule has 0 saturated carbocycles. The number of hydrogen-bond donors (Lipinski definition) is 2. The van der Waals surface area contributed by atoms with Gasteiger partial charge in [0, 0.05) is 12.1 Å². The van der Waals surface area contributed by atoms with E-state index in [0.717, 1.165) is 0 Å². The summed E-state index contributed by atoms with van der Waals surface area (Å²) in [6.07, 6.45) is 0. The molecule has 1 aromatic carbocycles. The van der Waals surface area contributed by atoms with Crippen LogP contribution in [0, 0.1) is 24.0 Å². The molecule has 9 nitrogen and oxygen atoms in total. The molecule has 0 radical (unpaired) electrons. The third kappa shape index (κ3) is 2.71. The highest BCUT2D eigenvalue weighted by atomic mass is 16.6. The molecule has 0 aliphatic rings. The first kappa shape index (κ1) is 13.5. The summed E-state index contributed by atoms with van der Waals surface area (Å²) in [6.45, 7) is 3.37. The van der Waals surface area contributed by atoms with Crippen molar-refractivity contribution in [1.82, 2.24) is 15.0 Å². The van der Waals surface area contributed by atoms with Gasteiger partial charge in [-0.15, -0.1) is 0 Å². The zero-order valence-corrected chi connectivity index (χ0v) is 10.8. The Bertz CT molecular complexity index is 645. The fraction of sp³-hybridized carbons (Fsp3) is 0.182. The van der Waals surface area contributed by atoms with Crippen LogP contribution in [-0.2, 0) is 0 Å². The van der Waals surface area contributed by atoms with Crippen molar-refractivity contribution in [3.8, 4) is 11.8 Å². The standard InChI is InChI=1S/C11H12N6O3/c1-5-3-7(17(18)19)4-6(2)8(5)20-11-15-9(12)14-10(13)16-11/h3-4H,1-2H3,(H4,12,13,14,15,16). The summed E-state index contributed by atoms with van der Waals surface area (Å²) in [5.41, 5.74) is 12.0. The molecule has 9 heteroatoms. The van der Waals surface area contributed by atoms with Crippen LogP contribution in [0.25, 0.3) is 0 Å². The van der Waals surface area contributed by atoms with E-state index in [0.29, 0.717) is 16.9 Å². The summed E-state index contributed by atoms with van der Waals surface area (Å²) in [7, 11) is 0. The van der Waals surface area contributed by atoms with Gasteiger partial charge in [0.1, 0.15) is 5.75 Å². The SMILES string of the molecule is Cc1cc([N+](=O)[O-])cc(C)c1Oc1nc(N)nc(N)n1. The van der Waals surface area contributed by atoms with Crippen LogP contribution in [0.5, 0.6) is 11.8 Å². The Balaban J connectivity index is 2.41. The fourth-order valence-corrected chi connectivity index (χ4v) is 1.72. The van der Waals surface area contributed by atoms with Gasteiger partial charge in [0.25, 0.3) is 5.69 Å². The minimum absolute atomic E-state index is 0.0120. The number of hydrogen-bond acceptors (Lipinski definition) is 8. The van der Waals surface area contributed by atoms with Crippen molar-refractivity contribution in [3.63, 3.8) is 0 Å². The monoisotopic (exact) mass is 276 g/mol. The summed E-state index contributed by atoms with van der Waals surface area (Å²) in [5, 5.41) is 10.8. The Hall–Kier alpha value is -2.97. The maximum absolute atomic E-state index is 10.8. The van der Waals surface area contributed by atoms with Crippen molar-refractivity contribution >= 4 is 17.6 Å². The molecule has 0 spiro atoms. The van der Waals surface area contributed by atoms with Gasteiger partial charge < -0.3 is 16.2 Å². The van der Waals surface area contributed by atoms with E-state index in [1.54, 1.807) is 13.8 Å². The fourth-order valence-electron chi connectivity index (χ4n) is 1.72. The number of benzene rings is 1. The summed E-state index contributed by atoms with van der Waals surface area (Å²) in [4.78, 5) is 21.5. The average Bonchev–Trinajstić information content (AvgIpc) is 2.32. The van der Waals surface area contributed by atoms with Crippen LogP contribution < -0.4 is 16.2 Å². The van der Waals surface area contributed by atoms with Gasteiger partial charge in [0.15, 0.2) is 0 Å². The van der Waals surface area contributed by atoms with Crippen LogP contribution in [0.1, 0.15) is 11.1 Å². The highest BCUT2D eigenvalue weighted by Crippen LogP contribution is 2.31. The lowest BCUT2D eigenvalue weighted by Crippen LogP contribution is -2.05. The number of nitrogens with zero attached hydrogens (tertiary/aromatic N) is 4. The van der Waals surface area contributed by atoms with E-state index < -0.39 is 4.92 Å². The van der Waals surface area contributed by atoms with Gasteiger partial charge in [-0.2, -0.15) is 15.0 Å². The molecule has 0 atom stereocenters. The minimum atomic E-state index is -0.470. The lowest BCUT2D eigenvalue weighted by molar-refractivity contribution is -0.385. The molecule has 2 aromatic rings. The van der Waals surface area contributed by atoms with Crippen LogP contribution >= 0.6 is 0 Å². The number of nitrogens with two attached hydrogens (primary N) is 2. The predicted octanol–water partition coefficient (Wildman–Crippen LogP) is 1.35. The van der Waals surface area contributed by atoms with Crippen molar-refractivity contribution in [2.75, 3.05) is 11.5 Å². The molecule has 0 bridgehead atoms. The predicted molar refractivity (Wildman–Crippen MR) is 71.3 cm³/mol. The summed E-state index contributed by atoms with van der Waals surface area (Å²) >= 11 is 0. The number of aromatic nitrogens is 3. The van der Waals surface area contributed by atoms with Gasteiger partial charge in [-0.25, -0.2) is 0 Å². The number of anilines is 2. The van der Waals surface area contributed by atoms with E-state index in [4.69, 9.17) is 16.2 Å². The van der Waals surface area contributed by atoms with Gasteiger partial charge in [-0.3, -0.25) is 10.1 Å². The van der Waals surface area contributed by atoms with Crippen LogP contribution in [-0.4, -0.2) is 19.9 Å². The van der Waals surface area contributed by atoms with Crippen molar-refractivity contribution in [2.45, 2.75) is 13.8 Å². The third-order valence-electron chi connectivity index (χ3n) is 2.50. The zero-order chi connectivity index (χ0) is 14.9. The maximum Gasteiger partial charge on any atom is 0.328 e. The molecule has 0 aliphatic heterocycles. The topological polar surface area (TPSA) is 143 Å². The Morgan fingerprint density at radius 3 is 2.05 bits per heavy atom. The van der Waals surface area contributed by atoms with Gasteiger partial charge >= 0.3 is 6.01 Å². The number of ether oxygens (including phenoxy) is 1. The second-order valence-electron chi connectivity index (χ2n) is 4.10. The molecule has 1 aromatic heterocycles. The highest BCUT2D eigenvalue weighted by Gasteiger charge is 2.15. The zero-order valence-electron chi connectivity index (χ0n) is 10.8. The smallest absolute Gasteiger partial charge is 0.328 e. The number of nitrogen functional groups attached to an aromatic ring is 2. The minimum Gasteiger partial charge on any atom is -0.424 e. The van der Waals surface area contributed by atoms with Crippen LogP contribution in [0.2, 0.25) is 0 Å². The highest BCUT2D eigenvalue weighted by molar-refractivity contribution is 5.50. The van der Waals surface area contributed by atoms with E-state index in [2.05, 4.69) is 15.0 Å². The summed E-state index contributed by atoms with van der Waals surface area (Å²) < 4.78 is 5.49. The Kier molecular flexibility index (Phi) is 3.34. The van der Waals surface area contributed by atoms with Crippen LogP contribution in [0.4, 0.5) is 17.6 Å². The van der Waals surface area contributed by atoms with Gasteiger partial charge in [0.2, 0.25) is 11.9 Å². The third-order valence-corrected chi connectivity index (χ3v) is 2.50. The van der Waals surface area contributed by atoms with E-state index in [1.165, 1.54) is 12.1 Å². The quantitative estimate of drug-likeness (QED) is 0.631. The Morgan fingerprint density at radius 1 is 1.10 bits per heavy atom. The lowest BCUT2D eigenvalue weighted by atomic mass is 10.1. The van der Waals surface area contributed by atoms with Gasteiger partial charge in [-0.1, -0.05) is 0 Å². The largest absolute Gasteiger partial charge is 0.424 e. The molecule has 2 rings (SSSR count). The first-order chi connectivity index (χ1) is 9.36. The van der Waals surface area contributed by atoms with Crippen LogP contribution in [0.15, 0.2) is 12.1 Å². The number of nitro benzene ring substituents is 1. The molecule has 104 valence electrons. The molecule has 0 amide bonds. The van der Waals surface area contributed by atoms with E-state index in [1.807, 2.05) is 0 Å². The molecule has 0 aliphatic carbocycles. The van der Waals surface area contributed by atoms with Crippen molar-refractivity contribution < 1.29 is 9.66 Å². The normalized spacial score (nSPS) is 10.3. The molecule has 0 unspecified atom stereocenters. The maximum atomic E-state index is 10.8. The Morgan fingerprint density at radius 2 is 1.60 bits per heavy atom. The summed E-state index contributed by atoms with van der Waals surface area (Å²) in [6, 6.07) is 2.74. The molecule has 20 heavy (non-hydrogen) atoms. The molecule has 0 saturated heterocycles. The van der Waals surface area contributed by atoms with Crippen LogP contribution in [0.3, 0.4) is 0 Å². The molecule has 0 fully saturated rings. The first-order valence-corrected chi connectivity index (χ1v) is 5.57. The van der Waals surface area contributed by atoms with E-state index in [-0.39, 0.29) is 23.6 Å². The van der Waals surface area contributed by atoms with E-state index in [9.17, 15) is 10.1 Å².